The summed E-state index contributed by atoms with van der Waals surface area (Å²) >= 11 is 0. The van der Waals surface area contributed by atoms with Crippen LogP contribution in [-0.4, -0.2) is 33.5 Å². The van der Waals surface area contributed by atoms with Crippen LogP contribution in [0, 0.1) is 0 Å². The number of ether oxygens (including phenoxy) is 3. The van der Waals surface area contributed by atoms with Crippen LogP contribution in [0.15, 0.2) is 24.3 Å². The molecule has 0 aliphatic heterocycles. The van der Waals surface area contributed by atoms with Crippen molar-refractivity contribution in [3.63, 3.8) is 0 Å². The zero-order valence-corrected chi connectivity index (χ0v) is 11.9. The van der Waals surface area contributed by atoms with Gasteiger partial charge in [-0.15, -0.1) is 0 Å². The fourth-order valence-corrected chi connectivity index (χ4v) is 1.81. The van der Waals surface area contributed by atoms with Crippen molar-refractivity contribution in [2.75, 3.05) is 33.5 Å². The third kappa shape index (κ3) is 5.59. The monoisotopic (exact) mass is 267 g/mol. The lowest BCUT2D eigenvalue weighted by Crippen LogP contribution is -2.19. The summed E-state index contributed by atoms with van der Waals surface area (Å²) in [4.78, 5) is 0. The molecule has 0 aromatic heterocycles. The van der Waals surface area contributed by atoms with Gasteiger partial charge >= 0.3 is 0 Å². The molecule has 0 heterocycles. The molecule has 1 aromatic carbocycles. The zero-order valence-electron chi connectivity index (χ0n) is 11.9. The van der Waals surface area contributed by atoms with Crippen LogP contribution in [-0.2, 0) is 9.47 Å². The van der Waals surface area contributed by atoms with E-state index in [1.807, 2.05) is 24.3 Å². The Morgan fingerprint density at radius 2 is 1.95 bits per heavy atom. The Hall–Kier alpha value is -1.10. The van der Waals surface area contributed by atoms with Gasteiger partial charge in [0.05, 0.1) is 26.4 Å². The molecule has 0 saturated carbocycles. The molecule has 4 heteroatoms. The third-order valence-electron chi connectivity index (χ3n) is 2.89. The first-order valence-electron chi connectivity index (χ1n) is 6.85. The van der Waals surface area contributed by atoms with Gasteiger partial charge in [0.1, 0.15) is 5.75 Å². The minimum absolute atomic E-state index is 0.147. The minimum atomic E-state index is -0.147. The Morgan fingerprint density at radius 1 is 1.16 bits per heavy atom. The van der Waals surface area contributed by atoms with E-state index in [-0.39, 0.29) is 6.10 Å². The SMILES string of the molecule is CCCCOCCOC(CN)c1ccccc1OC. The van der Waals surface area contributed by atoms with Gasteiger partial charge in [-0.05, 0) is 12.5 Å². The molecule has 0 saturated heterocycles. The van der Waals surface area contributed by atoms with Gasteiger partial charge in [-0.1, -0.05) is 31.5 Å². The van der Waals surface area contributed by atoms with E-state index < -0.39 is 0 Å². The molecule has 2 N–H and O–H groups in total. The molecule has 1 aromatic rings. The molecule has 1 atom stereocenters. The molecule has 0 amide bonds. The summed E-state index contributed by atoms with van der Waals surface area (Å²) in [6, 6.07) is 7.79. The second-order valence-corrected chi connectivity index (χ2v) is 4.30. The highest BCUT2D eigenvalue weighted by atomic mass is 16.5. The fraction of sp³-hybridized carbons (Fsp3) is 0.600. The van der Waals surface area contributed by atoms with Crippen molar-refractivity contribution in [1.29, 1.82) is 0 Å². The number of para-hydroxylation sites is 1. The highest BCUT2D eigenvalue weighted by Gasteiger charge is 2.14. The summed E-state index contributed by atoms with van der Waals surface area (Å²) in [5.41, 5.74) is 6.76. The van der Waals surface area contributed by atoms with Crippen LogP contribution in [0.2, 0.25) is 0 Å². The smallest absolute Gasteiger partial charge is 0.124 e. The first kappa shape index (κ1) is 16.0. The molecule has 1 rings (SSSR count). The van der Waals surface area contributed by atoms with E-state index in [4.69, 9.17) is 19.9 Å². The third-order valence-corrected chi connectivity index (χ3v) is 2.89. The highest BCUT2D eigenvalue weighted by Crippen LogP contribution is 2.26. The molecule has 19 heavy (non-hydrogen) atoms. The summed E-state index contributed by atoms with van der Waals surface area (Å²) in [6.07, 6.45) is 2.09. The van der Waals surface area contributed by atoms with E-state index in [1.165, 1.54) is 0 Å². The molecular formula is C15H25NO3. The molecule has 0 radical (unpaired) electrons. The number of benzene rings is 1. The molecule has 108 valence electrons. The van der Waals surface area contributed by atoms with Gasteiger partial charge < -0.3 is 19.9 Å². The van der Waals surface area contributed by atoms with E-state index in [1.54, 1.807) is 7.11 Å². The Labute approximate surface area is 115 Å². The molecule has 0 fully saturated rings. The lowest BCUT2D eigenvalue weighted by Gasteiger charge is -2.19. The van der Waals surface area contributed by atoms with Crippen molar-refractivity contribution >= 4 is 0 Å². The Bertz CT molecular complexity index is 344. The maximum absolute atomic E-state index is 5.77. The standard InChI is InChI=1S/C15H25NO3/c1-3-4-9-18-10-11-19-15(12-16)13-7-5-6-8-14(13)17-2/h5-8,15H,3-4,9-12,16H2,1-2H3. The van der Waals surface area contributed by atoms with Crippen LogP contribution in [0.3, 0.4) is 0 Å². The van der Waals surface area contributed by atoms with Crippen LogP contribution in [0.5, 0.6) is 5.75 Å². The van der Waals surface area contributed by atoms with E-state index in [0.717, 1.165) is 30.8 Å². The number of unbranched alkanes of at least 4 members (excludes halogenated alkanes) is 1. The van der Waals surface area contributed by atoms with Crippen LogP contribution < -0.4 is 10.5 Å². The summed E-state index contributed by atoms with van der Waals surface area (Å²) in [6.45, 7) is 4.51. The predicted octanol–water partition coefficient (Wildman–Crippen LogP) is 2.53. The zero-order chi connectivity index (χ0) is 13.9. The predicted molar refractivity (Wildman–Crippen MR) is 76.5 cm³/mol. The average Bonchev–Trinajstić information content (AvgIpc) is 2.47. The van der Waals surface area contributed by atoms with E-state index >= 15 is 0 Å². The van der Waals surface area contributed by atoms with Gasteiger partial charge in [-0.3, -0.25) is 0 Å². The van der Waals surface area contributed by atoms with Gasteiger partial charge in [0.2, 0.25) is 0 Å². The molecule has 0 spiro atoms. The first-order valence-corrected chi connectivity index (χ1v) is 6.85. The van der Waals surface area contributed by atoms with Gasteiger partial charge in [0.25, 0.3) is 0 Å². The topological polar surface area (TPSA) is 53.7 Å². The van der Waals surface area contributed by atoms with E-state index in [2.05, 4.69) is 6.92 Å². The van der Waals surface area contributed by atoms with Crippen molar-refractivity contribution in [3.05, 3.63) is 29.8 Å². The van der Waals surface area contributed by atoms with Crippen LogP contribution in [0.25, 0.3) is 0 Å². The van der Waals surface area contributed by atoms with Gasteiger partial charge in [0.15, 0.2) is 0 Å². The number of nitrogens with two attached hydrogens (primary N) is 1. The van der Waals surface area contributed by atoms with Gasteiger partial charge in [-0.25, -0.2) is 0 Å². The second-order valence-electron chi connectivity index (χ2n) is 4.30. The second kappa shape index (κ2) is 9.78. The fourth-order valence-electron chi connectivity index (χ4n) is 1.81. The van der Waals surface area contributed by atoms with Crippen molar-refractivity contribution in [3.8, 4) is 5.75 Å². The molecule has 0 bridgehead atoms. The largest absolute Gasteiger partial charge is 0.496 e. The number of hydrogen-bond acceptors (Lipinski definition) is 4. The lowest BCUT2D eigenvalue weighted by molar-refractivity contribution is 0.00612. The Balaban J connectivity index is 2.40. The summed E-state index contributed by atoms with van der Waals surface area (Å²) in [5, 5.41) is 0. The Kier molecular flexibility index (Phi) is 8.21. The maximum Gasteiger partial charge on any atom is 0.124 e. The molecule has 1 unspecified atom stereocenters. The van der Waals surface area contributed by atoms with Crippen molar-refractivity contribution in [2.45, 2.75) is 25.9 Å². The lowest BCUT2D eigenvalue weighted by atomic mass is 10.1. The minimum Gasteiger partial charge on any atom is -0.496 e. The Morgan fingerprint density at radius 3 is 2.63 bits per heavy atom. The molecule has 4 nitrogen and oxygen atoms in total. The molecular weight excluding hydrogens is 242 g/mol. The van der Waals surface area contributed by atoms with E-state index in [9.17, 15) is 0 Å². The quantitative estimate of drug-likeness (QED) is 0.662. The van der Waals surface area contributed by atoms with Crippen molar-refractivity contribution < 1.29 is 14.2 Å². The van der Waals surface area contributed by atoms with Gasteiger partial charge in [0, 0.05) is 18.7 Å². The first-order chi connectivity index (χ1) is 9.33. The molecule has 0 aliphatic carbocycles. The normalized spacial score (nSPS) is 12.4. The number of methoxy groups -OCH3 is 1. The van der Waals surface area contributed by atoms with Crippen molar-refractivity contribution in [2.24, 2.45) is 5.73 Å². The molecule has 0 aliphatic rings. The highest BCUT2D eigenvalue weighted by molar-refractivity contribution is 5.35. The number of rotatable bonds is 10. The van der Waals surface area contributed by atoms with Crippen molar-refractivity contribution in [1.82, 2.24) is 0 Å². The van der Waals surface area contributed by atoms with Crippen LogP contribution in [0.4, 0.5) is 0 Å². The average molecular weight is 267 g/mol. The van der Waals surface area contributed by atoms with Crippen LogP contribution >= 0.6 is 0 Å². The number of hydrogen-bond donors (Lipinski definition) is 1. The van der Waals surface area contributed by atoms with E-state index in [0.29, 0.717) is 19.8 Å². The summed E-state index contributed by atoms with van der Waals surface area (Å²) in [7, 11) is 1.65. The summed E-state index contributed by atoms with van der Waals surface area (Å²) in [5.74, 6) is 0.810. The summed E-state index contributed by atoms with van der Waals surface area (Å²) < 4.78 is 16.6. The van der Waals surface area contributed by atoms with Crippen LogP contribution in [0.1, 0.15) is 31.4 Å². The maximum atomic E-state index is 5.77. The van der Waals surface area contributed by atoms with Gasteiger partial charge in [-0.2, -0.15) is 0 Å².